The summed E-state index contributed by atoms with van der Waals surface area (Å²) in [6, 6.07) is 0.388. The zero-order valence-electron chi connectivity index (χ0n) is 9.54. The average Bonchev–Trinajstić information content (AvgIpc) is 2.86. The third-order valence-electron chi connectivity index (χ3n) is 2.58. The van der Waals surface area contributed by atoms with Gasteiger partial charge in [0.15, 0.2) is 0 Å². The number of aliphatic hydroxyl groups is 1. The number of nitrogens with zero attached hydrogens (tertiary/aromatic N) is 4. The van der Waals surface area contributed by atoms with Crippen molar-refractivity contribution in [1.82, 2.24) is 19.1 Å². The highest BCUT2D eigenvalue weighted by Crippen LogP contribution is 2.11. The number of rotatable bonds is 4. The predicted molar refractivity (Wildman–Crippen MR) is 59.9 cm³/mol. The maximum Gasteiger partial charge on any atom is 0.134 e. The lowest BCUT2D eigenvalue weighted by atomic mass is 10.3. The van der Waals surface area contributed by atoms with E-state index in [1.165, 1.54) is 0 Å². The molecule has 86 valence electrons. The number of aromatic nitrogens is 4. The van der Waals surface area contributed by atoms with Crippen LogP contribution in [0.4, 0.5) is 0 Å². The van der Waals surface area contributed by atoms with Crippen LogP contribution in [-0.4, -0.2) is 24.2 Å². The standard InChI is InChI=1S/C11H16N4O/c1-9(2)15-8-12-5-10(15)6-14-4-3-13-11(14)7-16/h3-5,8-9,16H,6-7H2,1-2H3. The van der Waals surface area contributed by atoms with Gasteiger partial charge in [0, 0.05) is 24.6 Å². The second kappa shape index (κ2) is 4.49. The summed E-state index contributed by atoms with van der Waals surface area (Å²) in [7, 11) is 0. The minimum absolute atomic E-state index is 0.0389. The highest BCUT2D eigenvalue weighted by molar-refractivity contribution is 5.03. The third kappa shape index (κ3) is 1.99. The Balaban J connectivity index is 2.23. The zero-order chi connectivity index (χ0) is 11.5. The van der Waals surface area contributed by atoms with E-state index in [1.807, 2.05) is 23.3 Å². The predicted octanol–water partition coefficient (Wildman–Crippen LogP) is 1.20. The van der Waals surface area contributed by atoms with Gasteiger partial charge in [-0.1, -0.05) is 0 Å². The summed E-state index contributed by atoms with van der Waals surface area (Å²) in [6.45, 7) is 4.88. The van der Waals surface area contributed by atoms with Crippen molar-refractivity contribution in [3.8, 4) is 0 Å². The molecule has 0 fully saturated rings. The van der Waals surface area contributed by atoms with Crippen LogP contribution in [-0.2, 0) is 13.2 Å². The molecular weight excluding hydrogens is 204 g/mol. The fourth-order valence-electron chi connectivity index (χ4n) is 1.73. The largest absolute Gasteiger partial charge is 0.388 e. The van der Waals surface area contributed by atoms with Crippen LogP contribution >= 0.6 is 0 Å². The first-order valence-corrected chi connectivity index (χ1v) is 5.34. The fourth-order valence-corrected chi connectivity index (χ4v) is 1.73. The Morgan fingerprint density at radius 3 is 2.94 bits per heavy atom. The molecule has 0 aliphatic carbocycles. The van der Waals surface area contributed by atoms with Crippen molar-refractivity contribution in [1.29, 1.82) is 0 Å². The summed E-state index contributed by atoms with van der Waals surface area (Å²) < 4.78 is 4.04. The molecular formula is C11H16N4O. The Labute approximate surface area is 94.4 Å². The monoisotopic (exact) mass is 220 g/mol. The van der Waals surface area contributed by atoms with Crippen LogP contribution in [0, 0.1) is 0 Å². The summed E-state index contributed by atoms with van der Waals surface area (Å²) in [5.74, 6) is 0.677. The van der Waals surface area contributed by atoms with Crippen molar-refractivity contribution in [3.63, 3.8) is 0 Å². The first-order chi connectivity index (χ1) is 7.72. The van der Waals surface area contributed by atoms with Gasteiger partial charge < -0.3 is 14.2 Å². The van der Waals surface area contributed by atoms with Gasteiger partial charge in [0.2, 0.25) is 0 Å². The Morgan fingerprint density at radius 2 is 2.25 bits per heavy atom. The van der Waals surface area contributed by atoms with Crippen molar-refractivity contribution in [3.05, 3.63) is 36.4 Å². The van der Waals surface area contributed by atoms with Crippen LogP contribution in [0.1, 0.15) is 31.4 Å². The van der Waals surface area contributed by atoms with Crippen molar-refractivity contribution < 1.29 is 5.11 Å². The van der Waals surface area contributed by atoms with Gasteiger partial charge in [-0.3, -0.25) is 0 Å². The first-order valence-electron chi connectivity index (χ1n) is 5.34. The Hall–Kier alpha value is -1.62. The molecule has 2 aromatic heterocycles. The fraction of sp³-hybridized carbons (Fsp3) is 0.455. The molecule has 0 bridgehead atoms. The molecule has 16 heavy (non-hydrogen) atoms. The van der Waals surface area contributed by atoms with Crippen molar-refractivity contribution in [2.24, 2.45) is 0 Å². The van der Waals surface area contributed by atoms with Crippen molar-refractivity contribution in [2.75, 3.05) is 0 Å². The molecule has 0 amide bonds. The molecule has 0 atom stereocenters. The molecule has 0 saturated carbocycles. The summed E-state index contributed by atoms with van der Waals surface area (Å²) in [4.78, 5) is 8.22. The minimum atomic E-state index is -0.0389. The molecule has 1 N–H and O–H groups in total. The van der Waals surface area contributed by atoms with Crippen LogP contribution in [0.5, 0.6) is 0 Å². The molecule has 0 saturated heterocycles. The van der Waals surface area contributed by atoms with E-state index in [0.29, 0.717) is 18.4 Å². The maximum atomic E-state index is 9.11. The summed E-state index contributed by atoms with van der Waals surface area (Å²) in [5.41, 5.74) is 1.11. The van der Waals surface area contributed by atoms with Gasteiger partial charge in [-0.15, -0.1) is 0 Å². The summed E-state index contributed by atoms with van der Waals surface area (Å²) in [6.07, 6.45) is 7.24. The number of imidazole rings is 2. The molecule has 0 unspecified atom stereocenters. The Bertz CT molecular complexity index is 458. The summed E-state index contributed by atoms with van der Waals surface area (Å²) in [5, 5.41) is 9.11. The summed E-state index contributed by atoms with van der Waals surface area (Å²) >= 11 is 0. The van der Waals surface area contributed by atoms with E-state index < -0.39 is 0 Å². The molecule has 5 heteroatoms. The van der Waals surface area contributed by atoms with Gasteiger partial charge in [-0.25, -0.2) is 9.97 Å². The highest BCUT2D eigenvalue weighted by Gasteiger charge is 2.08. The van der Waals surface area contributed by atoms with E-state index in [2.05, 4.69) is 28.4 Å². The average molecular weight is 220 g/mol. The van der Waals surface area contributed by atoms with Crippen LogP contribution in [0.2, 0.25) is 0 Å². The van der Waals surface area contributed by atoms with Crippen molar-refractivity contribution >= 4 is 0 Å². The van der Waals surface area contributed by atoms with Crippen LogP contribution in [0.15, 0.2) is 24.9 Å². The highest BCUT2D eigenvalue weighted by atomic mass is 16.3. The van der Waals surface area contributed by atoms with E-state index in [0.717, 1.165) is 5.69 Å². The molecule has 0 aliphatic rings. The maximum absolute atomic E-state index is 9.11. The molecule has 0 radical (unpaired) electrons. The van der Waals surface area contributed by atoms with Gasteiger partial charge in [0.1, 0.15) is 12.4 Å². The van der Waals surface area contributed by atoms with Gasteiger partial charge in [-0.2, -0.15) is 0 Å². The zero-order valence-corrected chi connectivity index (χ0v) is 9.54. The topological polar surface area (TPSA) is 55.9 Å². The van der Waals surface area contributed by atoms with E-state index in [-0.39, 0.29) is 6.61 Å². The lowest BCUT2D eigenvalue weighted by Gasteiger charge is -2.12. The second-order valence-electron chi connectivity index (χ2n) is 4.02. The van der Waals surface area contributed by atoms with Gasteiger partial charge in [-0.05, 0) is 13.8 Å². The van der Waals surface area contributed by atoms with E-state index in [4.69, 9.17) is 5.11 Å². The molecule has 0 aliphatic heterocycles. The SMILES string of the molecule is CC(C)n1cncc1Cn1ccnc1CO. The number of hydrogen-bond donors (Lipinski definition) is 1. The second-order valence-corrected chi connectivity index (χ2v) is 4.02. The lowest BCUT2D eigenvalue weighted by Crippen LogP contribution is -2.10. The molecule has 2 aromatic rings. The number of aliphatic hydroxyl groups excluding tert-OH is 1. The molecule has 0 aromatic carbocycles. The van der Waals surface area contributed by atoms with Crippen LogP contribution < -0.4 is 0 Å². The Kier molecular flexibility index (Phi) is 3.05. The van der Waals surface area contributed by atoms with E-state index >= 15 is 0 Å². The van der Waals surface area contributed by atoms with E-state index in [9.17, 15) is 0 Å². The van der Waals surface area contributed by atoms with Crippen molar-refractivity contribution in [2.45, 2.75) is 33.0 Å². The van der Waals surface area contributed by atoms with Gasteiger partial charge in [0.25, 0.3) is 0 Å². The van der Waals surface area contributed by atoms with Gasteiger partial charge in [0.05, 0.1) is 18.6 Å². The van der Waals surface area contributed by atoms with Crippen LogP contribution in [0.3, 0.4) is 0 Å². The first kappa shape index (κ1) is 10.9. The normalized spacial score (nSPS) is 11.2. The molecule has 2 rings (SSSR count). The quantitative estimate of drug-likeness (QED) is 0.842. The molecule has 5 nitrogen and oxygen atoms in total. The van der Waals surface area contributed by atoms with Gasteiger partial charge >= 0.3 is 0 Å². The lowest BCUT2D eigenvalue weighted by molar-refractivity contribution is 0.266. The molecule has 2 heterocycles. The van der Waals surface area contributed by atoms with E-state index in [1.54, 1.807) is 6.20 Å². The Morgan fingerprint density at radius 1 is 1.44 bits per heavy atom. The smallest absolute Gasteiger partial charge is 0.134 e. The minimum Gasteiger partial charge on any atom is -0.388 e. The third-order valence-corrected chi connectivity index (χ3v) is 2.58. The molecule has 0 spiro atoms. The van der Waals surface area contributed by atoms with Crippen LogP contribution in [0.25, 0.3) is 0 Å². The number of hydrogen-bond acceptors (Lipinski definition) is 3.